The highest BCUT2D eigenvalue weighted by Crippen LogP contribution is 2.30. The average molecular weight is 319 g/mol. The van der Waals surface area contributed by atoms with Crippen LogP contribution in [0.2, 0.25) is 10.0 Å². The van der Waals surface area contributed by atoms with Gasteiger partial charge in [-0.3, -0.25) is 4.79 Å². The number of phenolic OH excluding ortho intramolecular Hbond substituents is 1. The van der Waals surface area contributed by atoms with Crippen LogP contribution in [0.4, 0.5) is 0 Å². The molecule has 1 aromatic carbocycles. The fourth-order valence-corrected chi connectivity index (χ4v) is 2.10. The number of hydrogen-bond donors (Lipinski definition) is 3. The number of carbonyl (C=O) groups is 1. The molecule has 0 aromatic heterocycles. The van der Waals surface area contributed by atoms with Gasteiger partial charge in [-0.2, -0.15) is 0 Å². The Hall–Kier alpha value is -0.970. The number of nitrogens with one attached hydrogen (secondary N) is 2. The quantitative estimate of drug-likeness (QED) is 0.755. The first kappa shape index (κ1) is 17.1. The molecule has 1 rings (SSSR count). The molecule has 20 heavy (non-hydrogen) atoms. The number of hydrogen-bond acceptors (Lipinski definition) is 3. The summed E-state index contributed by atoms with van der Waals surface area (Å²) in [5, 5.41) is 16.3. The van der Waals surface area contributed by atoms with Crippen molar-refractivity contribution in [2.45, 2.75) is 33.4 Å². The zero-order valence-corrected chi connectivity index (χ0v) is 13.3. The summed E-state index contributed by atoms with van der Waals surface area (Å²) in [6.45, 7) is 6.77. The van der Waals surface area contributed by atoms with Crippen LogP contribution in [-0.4, -0.2) is 23.6 Å². The van der Waals surface area contributed by atoms with Crippen LogP contribution in [0.5, 0.6) is 5.75 Å². The first-order valence-electron chi connectivity index (χ1n) is 6.49. The molecule has 0 saturated heterocycles. The summed E-state index contributed by atoms with van der Waals surface area (Å²) in [6.07, 6.45) is 0. The summed E-state index contributed by atoms with van der Waals surface area (Å²) >= 11 is 11.7. The van der Waals surface area contributed by atoms with Crippen molar-refractivity contribution in [3.05, 3.63) is 27.7 Å². The van der Waals surface area contributed by atoms with Gasteiger partial charge < -0.3 is 15.7 Å². The first-order chi connectivity index (χ1) is 9.31. The van der Waals surface area contributed by atoms with Gasteiger partial charge in [0.15, 0.2) is 0 Å². The van der Waals surface area contributed by atoms with E-state index in [4.69, 9.17) is 23.2 Å². The zero-order chi connectivity index (χ0) is 15.3. The van der Waals surface area contributed by atoms with Gasteiger partial charge in [-0.1, -0.05) is 37.0 Å². The normalized spacial score (nSPS) is 12.5. The van der Waals surface area contributed by atoms with Gasteiger partial charge in [-0.15, -0.1) is 0 Å². The zero-order valence-electron chi connectivity index (χ0n) is 11.8. The van der Waals surface area contributed by atoms with Crippen LogP contribution in [0.25, 0.3) is 0 Å². The largest absolute Gasteiger partial charge is 0.506 e. The highest BCUT2D eigenvalue weighted by atomic mass is 35.5. The third-order valence-electron chi connectivity index (χ3n) is 2.78. The molecule has 1 unspecified atom stereocenters. The molecule has 6 heteroatoms. The minimum Gasteiger partial charge on any atom is -0.506 e. The molecule has 1 atom stereocenters. The van der Waals surface area contributed by atoms with Gasteiger partial charge in [0.05, 0.1) is 11.1 Å². The molecule has 1 aromatic rings. The maximum atomic E-state index is 11.8. The van der Waals surface area contributed by atoms with Crippen LogP contribution >= 0.6 is 23.2 Å². The highest BCUT2D eigenvalue weighted by Gasteiger charge is 2.14. The minimum absolute atomic E-state index is 0.0154. The molecule has 0 spiro atoms. The average Bonchev–Trinajstić information content (AvgIpc) is 2.37. The molecule has 0 saturated carbocycles. The Labute approximate surface area is 129 Å². The molecule has 0 aliphatic rings. The predicted octanol–water partition coefficient (Wildman–Crippen LogP) is 2.95. The molecule has 1 amide bonds. The van der Waals surface area contributed by atoms with Gasteiger partial charge in [-0.25, -0.2) is 0 Å². The number of benzene rings is 1. The molecule has 0 radical (unpaired) electrons. The summed E-state index contributed by atoms with van der Waals surface area (Å²) < 4.78 is 0. The summed E-state index contributed by atoms with van der Waals surface area (Å²) in [6, 6.07) is 2.72. The number of aromatic hydroxyl groups is 1. The Morgan fingerprint density at radius 3 is 2.55 bits per heavy atom. The fraction of sp³-hybridized carbons (Fsp3) is 0.500. The molecule has 0 heterocycles. The van der Waals surface area contributed by atoms with E-state index >= 15 is 0 Å². The number of halogens is 2. The maximum absolute atomic E-state index is 11.8. The van der Waals surface area contributed by atoms with Crippen molar-refractivity contribution in [1.29, 1.82) is 0 Å². The van der Waals surface area contributed by atoms with E-state index in [0.29, 0.717) is 29.6 Å². The molecule has 0 aliphatic carbocycles. The molecular formula is C14H20Cl2N2O2. The molecule has 0 bridgehead atoms. The highest BCUT2D eigenvalue weighted by molar-refractivity contribution is 6.35. The molecule has 0 fully saturated rings. The Morgan fingerprint density at radius 1 is 1.30 bits per heavy atom. The second kappa shape index (κ2) is 7.72. The van der Waals surface area contributed by atoms with Crippen LogP contribution in [0.1, 0.15) is 26.3 Å². The summed E-state index contributed by atoms with van der Waals surface area (Å²) in [5.41, 5.74) is 0.561. The summed E-state index contributed by atoms with van der Waals surface area (Å²) in [4.78, 5) is 11.8. The van der Waals surface area contributed by atoms with Crippen molar-refractivity contribution >= 4 is 29.1 Å². The van der Waals surface area contributed by atoms with E-state index in [9.17, 15) is 9.90 Å². The lowest BCUT2D eigenvalue weighted by Gasteiger charge is -2.16. The van der Waals surface area contributed by atoms with E-state index in [1.54, 1.807) is 13.0 Å². The SMILES string of the molecule is CC(C)CNC(=O)C(C)NCc1cc(Cl)cc(Cl)c1O. The van der Waals surface area contributed by atoms with Crippen molar-refractivity contribution in [2.24, 2.45) is 5.92 Å². The van der Waals surface area contributed by atoms with Crippen LogP contribution in [0.3, 0.4) is 0 Å². The number of rotatable bonds is 6. The van der Waals surface area contributed by atoms with Crippen LogP contribution < -0.4 is 10.6 Å². The Bertz CT molecular complexity index is 478. The van der Waals surface area contributed by atoms with Crippen LogP contribution in [0.15, 0.2) is 12.1 Å². The second-order valence-electron chi connectivity index (χ2n) is 5.14. The van der Waals surface area contributed by atoms with E-state index in [2.05, 4.69) is 10.6 Å². The summed E-state index contributed by atoms with van der Waals surface area (Å²) in [7, 11) is 0. The van der Waals surface area contributed by atoms with Crippen LogP contribution in [-0.2, 0) is 11.3 Å². The van der Waals surface area contributed by atoms with Gasteiger partial charge in [0.25, 0.3) is 0 Å². The van der Waals surface area contributed by atoms with Crippen LogP contribution in [0, 0.1) is 5.92 Å². The van der Waals surface area contributed by atoms with Crippen molar-refractivity contribution in [3.63, 3.8) is 0 Å². The van der Waals surface area contributed by atoms with E-state index in [0.717, 1.165) is 0 Å². The smallest absolute Gasteiger partial charge is 0.236 e. The van der Waals surface area contributed by atoms with Gasteiger partial charge in [-0.05, 0) is 25.0 Å². The van der Waals surface area contributed by atoms with E-state index in [1.807, 2.05) is 13.8 Å². The molecule has 0 aliphatic heterocycles. The van der Waals surface area contributed by atoms with Gasteiger partial charge in [0.2, 0.25) is 5.91 Å². The van der Waals surface area contributed by atoms with Crippen molar-refractivity contribution < 1.29 is 9.90 Å². The molecule has 112 valence electrons. The van der Waals surface area contributed by atoms with Crippen molar-refractivity contribution in [1.82, 2.24) is 10.6 Å². The topological polar surface area (TPSA) is 61.4 Å². The lowest BCUT2D eigenvalue weighted by molar-refractivity contribution is -0.122. The third kappa shape index (κ3) is 5.19. The van der Waals surface area contributed by atoms with E-state index in [-0.39, 0.29) is 22.7 Å². The number of amides is 1. The van der Waals surface area contributed by atoms with Crippen molar-refractivity contribution in [2.75, 3.05) is 6.54 Å². The third-order valence-corrected chi connectivity index (χ3v) is 3.29. The Kier molecular flexibility index (Phi) is 6.59. The second-order valence-corrected chi connectivity index (χ2v) is 5.98. The monoisotopic (exact) mass is 318 g/mol. The van der Waals surface area contributed by atoms with Crippen molar-refractivity contribution in [3.8, 4) is 5.75 Å². The lowest BCUT2D eigenvalue weighted by atomic mass is 10.1. The standard InChI is InChI=1S/C14H20Cl2N2O2/c1-8(2)6-18-14(20)9(3)17-7-10-4-11(15)5-12(16)13(10)19/h4-5,8-9,17,19H,6-7H2,1-3H3,(H,18,20). The number of phenols is 1. The fourth-order valence-electron chi connectivity index (χ4n) is 1.57. The van der Waals surface area contributed by atoms with E-state index in [1.165, 1.54) is 6.07 Å². The molecule has 3 N–H and O–H groups in total. The molecule has 4 nitrogen and oxygen atoms in total. The Morgan fingerprint density at radius 2 is 1.95 bits per heavy atom. The van der Waals surface area contributed by atoms with E-state index < -0.39 is 0 Å². The summed E-state index contributed by atoms with van der Waals surface area (Å²) in [5.74, 6) is 0.312. The van der Waals surface area contributed by atoms with Gasteiger partial charge in [0.1, 0.15) is 5.75 Å². The number of carbonyl (C=O) groups excluding carboxylic acids is 1. The molecular weight excluding hydrogens is 299 g/mol. The minimum atomic E-state index is -0.370. The predicted molar refractivity (Wildman–Crippen MR) is 82.3 cm³/mol. The maximum Gasteiger partial charge on any atom is 0.236 e. The Balaban J connectivity index is 2.56. The lowest BCUT2D eigenvalue weighted by Crippen LogP contribution is -2.42. The van der Waals surface area contributed by atoms with Gasteiger partial charge >= 0.3 is 0 Å². The van der Waals surface area contributed by atoms with Gasteiger partial charge in [0, 0.05) is 23.7 Å². The first-order valence-corrected chi connectivity index (χ1v) is 7.24.